The maximum absolute atomic E-state index is 13.5. The molecule has 1 aromatic carbocycles. The molecule has 1 N–H and O–H groups in total. The molecule has 0 spiro atoms. The first-order chi connectivity index (χ1) is 14.3. The van der Waals surface area contributed by atoms with Crippen LogP contribution in [0, 0.1) is 11.7 Å². The van der Waals surface area contributed by atoms with E-state index in [0.29, 0.717) is 30.5 Å². The molecule has 1 fully saturated rings. The molecular formula is C23H31F4N3. The number of alkyl halides is 3. The van der Waals surface area contributed by atoms with Gasteiger partial charge in [0, 0.05) is 0 Å². The highest BCUT2D eigenvalue weighted by molar-refractivity contribution is 5.85. The summed E-state index contributed by atoms with van der Waals surface area (Å²) in [6.07, 6.45) is 5.35. The molecule has 1 aliphatic rings. The van der Waals surface area contributed by atoms with Gasteiger partial charge in [-0.05, 0) is 81.6 Å². The van der Waals surface area contributed by atoms with Crippen LogP contribution in [0.2, 0.25) is 0 Å². The number of allylic oxidation sites excluding steroid dienone is 1. The van der Waals surface area contributed by atoms with Crippen LogP contribution >= 0.6 is 0 Å². The lowest BCUT2D eigenvalue weighted by molar-refractivity contribution is -0.137. The quantitative estimate of drug-likeness (QED) is 0.242. The average molecular weight is 426 g/mol. The molecule has 0 aromatic heterocycles. The molecule has 30 heavy (non-hydrogen) atoms. The van der Waals surface area contributed by atoms with Gasteiger partial charge in [0.05, 0.1) is 18.7 Å². The summed E-state index contributed by atoms with van der Waals surface area (Å²) < 4.78 is 52.0. The zero-order chi connectivity index (χ0) is 22.0. The number of piperidine rings is 1. The van der Waals surface area contributed by atoms with Crippen molar-refractivity contribution >= 4 is 5.84 Å². The lowest BCUT2D eigenvalue weighted by atomic mass is 9.90. The first-order valence-corrected chi connectivity index (χ1v) is 10.4. The van der Waals surface area contributed by atoms with Crippen LogP contribution in [-0.2, 0) is 12.6 Å². The molecule has 0 radical (unpaired) electrons. The molecule has 1 aliphatic heterocycles. The Balaban J connectivity index is 1.77. The standard InChI is InChI=1S/C23H31F4N3/c1-3-5-11-29-22(28-4-2)17-30-12-9-18(10-13-30)7-6-8-19-14-20(23(25,26)27)16-21(24)15-19/h3-5,14-16,18H,2,6-13,17H2,1H3,(H,28,29)/b5-3+. The fourth-order valence-corrected chi connectivity index (χ4v) is 3.73. The molecular weight excluding hydrogens is 394 g/mol. The van der Waals surface area contributed by atoms with Gasteiger partial charge < -0.3 is 5.32 Å². The number of hydrogen-bond donors (Lipinski definition) is 1. The van der Waals surface area contributed by atoms with Gasteiger partial charge in [-0.3, -0.25) is 9.89 Å². The maximum Gasteiger partial charge on any atom is 0.416 e. The number of hydrogen-bond acceptors (Lipinski definition) is 2. The van der Waals surface area contributed by atoms with Crippen molar-refractivity contribution in [2.45, 2.75) is 45.2 Å². The largest absolute Gasteiger partial charge is 0.416 e. The van der Waals surface area contributed by atoms with E-state index in [0.717, 1.165) is 57.2 Å². The Morgan fingerprint density at radius 2 is 2.00 bits per heavy atom. The van der Waals surface area contributed by atoms with Crippen LogP contribution in [0.1, 0.15) is 43.7 Å². The normalized spacial score (nSPS) is 16.9. The topological polar surface area (TPSA) is 27.6 Å². The summed E-state index contributed by atoms with van der Waals surface area (Å²) in [5.74, 6) is 0.619. The van der Waals surface area contributed by atoms with E-state index in [1.165, 1.54) is 6.07 Å². The maximum atomic E-state index is 13.5. The Morgan fingerprint density at radius 1 is 1.27 bits per heavy atom. The Labute approximate surface area is 176 Å². The van der Waals surface area contributed by atoms with E-state index >= 15 is 0 Å². The molecule has 0 atom stereocenters. The highest BCUT2D eigenvalue weighted by Gasteiger charge is 2.31. The SMILES string of the molecule is C=CNC(CN1CCC(CCCc2cc(F)cc(C(F)(F)F)c2)CC1)=NC/C=C/C. The third kappa shape index (κ3) is 8.30. The number of nitrogens with one attached hydrogen (secondary N) is 1. The number of amidine groups is 1. The van der Waals surface area contributed by atoms with Crippen molar-refractivity contribution in [3.05, 3.63) is 60.1 Å². The summed E-state index contributed by atoms with van der Waals surface area (Å²) in [4.78, 5) is 6.88. The predicted octanol–water partition coefficient (Wildman–Crippen LogP) is 5.59. The van der Waals surface area contributed by atoms with Crippen molar-refractivity contribution in [3.8, 4) is 0 Å². The Bertz CT molecular complexity index is 732. The van der Waals surface area contributed by atoms with E-state index in [9.17, 15) is 17.6 Å². The highest BCUT2D eigenvalue weighted by atomic mass is 19.4. The zero-order valence-electron chi connectivity index (χ0n) is 17.5. The number of benzene rings is 1. The van der Waals surface area contributed by atoms with E-state index in [4.69, 9.17) is 0 Å². The summed E-state index contributed by atoms with van der Waals surface area (Å²) in [6.45, 7) is 8.98. The van der Waals surface area contributed by atoms with Gasteiger partial charge in [0.15, 0.2) is 0 Å². The van der Waals surface area contributed by atoms with Crippen molar-refractivity contribution in [1.82, 2.24) is 10.2 Å². The number of likely N-dealkylation sites (tertiary alicyclic amines) is 1. The predicted molar refractivity (Wildman–Crippen MR) is 114 cm³/mol. The van der Waals surface area contributed by atoms with Crippen molar-refractivity contribution in [3.63, 3.8) is 0 Å². The van der Waals surface area contributed by atoms with E-state index in [2.05, 4.69) is 21.8 Å². The van der Waals surface area contributed by atoms with E-state index in [1.54, 1.807) is 6.20 Å². The second kappa shape index (κ2) is 11.9. The molecule has 7 heteroatoms. The van der Waals surface area contributed by atoms with Crippen LogP contribution in [-0.4, -0.2) is 36.9 Å². The van der Waals surface area contributed by atoms with Crippen LogP contribution in [0.3, 0.4) is 0 Å². The minimum absolute atomic E-state index is 0.414. The molecule has 3 nitrogen and oxygen atoms in total. The van der Waals surface area contributed by atoms with E-state index in [-0.39, 0.29) is 0 Å². The molecule has 1 heterocycles. The number of halogens is 4. The van der Waals surface area contributed by atoms with Crippen LogP contribution in [0.15, 0.2) is 48.1 Å². The third-order valence-electron chi connectivity index (χ3n) is 5.34. The molecule has 0 saturated carbocycles. The van der Waals surface area contributed by atoms with Gasteiger partial charge in [0.25, 0.3) is 0 Å². The van der Waals surface area contributed by atoms with Gasteiger partial charge >= 0.3 is 6.18 Å². The van der Waals surface area contributed by atoms with Crippen molar-refractivity contribution in [2.24, 2.45) is 10.9 Å². The van der Waals surface area contributed by atoms with Gasteiger partial charge in [-0.25, -0.2) is 4.39 Å². The molecule has 0 bridgehead atoms. The Hall–Kier alpha value is -2.15. The van der Waals surface area contributed by atoms with Crippen LogP contribution in [0.25, 0.3) is 0 Å². The van der Waals surface area contributed by atoms with Gasteiger partial charge in [0.1, 0.15) is 11.7 Å². The highest BCUT2D eigenvalue weighted by Crippen LogP contribution is 2.31. The van der Waals surface area contributed by atoms with Gasteiger partial charge in [-0.15, -0.1) is 0 Å². The summed E-state index contributed by atoms with van der Waals surface area (Å²) in [7, 11) is 0. The second-order valence-electron chi connectivity index (χ2n) is 7.66. The van der Waals surface area contributed by atoms with Gasteiger partial charge in [-0.2, -0.15) is 13.2 Å². The second-order valence-corrected chi connectivity index (χ2v) is 7.66. The Morgan fingerprint density at radius 3 is 2.63 bits per heavy atom. The Kier molecular flexibility index (Phi) is 9.56. The molecule has 0 amide bonds. The lowest BCUT2D eigenvalue weighted by Crippen LogP contribution is -2.40. The number of aryl methyl sites for hydroxylation is 1. The van der Waals surface area contributed by atoms with Crippen LogP contribution in [0.5, 0.6) is 0 Å². The summed E-state index contributed by atoms with van der Waals surface area (Å²) in [5, 5.41) is 3.10. The monoisotopic (exact) mass is 425 g/mol. The summed E-state index contributed by atoms with van der Waals surface area (Å²) >= 11 is 0. The van der Waals surface area contributed by atoms with E-state index < -0.39 is 17.6 Å². The molecule has 0 aliphatic carbocycles. The number of rotatable bonds is 9. The van der Waals surface area contributed by atoms with Crippen LogP contribution < -0.4 is 5.32 Å². The summed E-state index contributed by atoms with van der Waals surface area (Å²) in [5.41, 5.74) is -0.497. The fourth-order valence-electron chi connectivity index (χ4n) is 3.73. The van der Waals surface area contributed by atoms with Crippen molar-refractivity contribution in [1.29, 1.82) is 0 Å². The van der Waals surface area contributed by atoms with Gasteiger partial charge in [-0.1, -0.05) is 25.2 Å². The molecule has 2 rings (SSSR count). The minimum Gasteiger partial charge on any atom is -0.350 e. The smallest absolute Gasteiger partial charge is 0.350 e. The van der Waals surface area contributed by atoms with E-state index in [1.807, 2.05) is 19.1 Å². The molecule has 1 aromatic rings. The zero-order valence-corrected chi connectivity index (χ0v) is 17.5. The first-order valence-electron chi connectivity index (χ1n) is 10.4. The van der Waals surface area contributed by atoms with Crippen molar-refractivity contribution < 1.29 is 17.6 Å². The number of aliphatic imine (C=N–C) groups is 1. The summed E-state index contributed by atoms with van der Waals surface area (Å²) in [6, 6.07) is 2.82. The van der Waals surface area contributed by atoms with Gasteiger partial charge in [0.2, 0.25) is 0 Å². The first kappa shape index (κ1) is 24.1. The number of nitrogens with zero attached hydrogens (tertiary/aromatic N) is 2. The fraction of sp³-hybridized carbons (Fsp3) is 0.522. The van der Waals surface area contributed by atoms with Crippen LogP contribution in [0.4, 0.5) is 17.6 Å². The average Bonchev–Trinajstić information content (AvgIpc) is 2.68. The third-order valence-corrected chi connectivity index (χ3v) is 5.34. The molecule has 0 unspecified atom stereocenters. The molecule has 166 valence electrons. The molecule has 1 saturated heterocycles. The van der Waals surface area contributed by atoms with Crippen molar-refractivity contribution in [2.75, 3.05) is 26.2 Å². The minimum atomic E-state index is -4.51. The lowest BCUT2D eigenvalue weighted by Gasteiger charge is -2.32.